The first-order chi connectivity index (χ1) is 17.4. The summed E-state index contributed by atoms with van der Waals surface area (Å²) in [5, 5.41) is 4.71. The molecule has 5 rings (SSSR count). The third-order valence-electron chi connectivity index (χ3n) is 7.26. The molecule has 0 bridgehead atoms. The molecular weight excluding hydrogens is 473 g/mol. The van der Waals surface area contributed by atoms with Crippen LogP contribution in [-0.4, -0.2) is 74.1 Å². The fraction of sp³-hybridized carbons (Fsp3) is 0.500. The number of nitrogens with zero attached hydrogens (tertiary/aromatic N) is 5. The number of piperazine rings is 1. The quantitative estimate of drug-likeness (QED) is 0.534. The maximum Gasteiger partial charge on any atom is 0.274 e. The normalized spacial score (nSPS) is 20.0. The number of benzene rings is 1. The van der Waals surface area contributed by atoms with Gasteiger partial charge >= 0.3 is 0 Å². The van der Waals surface area contributed by atoms with E-state index in [1.165, 1.54) is 12.1 Å². The van der Waals surface area contributed by atoms with Crippen LogP contribution in [0.1, 0.15) is 63.5 Å². The first-order valence-electron chi connectivity index (χ1n) is 12.8. The van der Waals surface area contributed by atoms with Gasteiger partial charge in [0.05, 0.1) is 17.4 Å². The van der Waals surface area contributed by atoms with Gasteiger partial charge in [0.2, 0.25) is 0 Å². The van der Waals surface area contributed by atoms with E-state index in [0.717, 1.165) is 24.0 Å². The standard InChI is InChI=1S/C28H34FN5O3/c1-27(2,3)20-15-21(18-8-10-19(29)11-9-18)31-34-16-22(30-24(20)34)25(35)33-13-12-32(17-28(33,4)5)26(36)23-7-6-14-37-23/h8-11,15-16,23H,6-7,12-14,17H2,1-5H3. The highest BCUT2D eigenvalue weighted by atomic mass is 19.1. The van der Waals surface area contributed by atoms with E-state index < -0.39 is 5.54 Å². The third kappa shape index (κ3) is 4.84. The SMILES string of the molecule is CC(C)(C)c1cc(-c2ccc(F)cc2)nn2cc(C(=O)N3CCN(C(=O)C4CCCO4)CC3(C)C)nc12. The lowest BCUT2D eigenvalue weighted by Crippen LogP contribution is -2.63. The van der Waals surface area contributed by atoms with Crippen molar-refractivity contribution < 1.29 is 18.7 Å². The molecule has 4 heterocycles. The molecule has 2 aromatic heterocycles. The third-order valence-corrected chi connectivity index (χ3v) is 7.26. The van der Waals surface area contributed by atoms with Gasteiger partial charge in [-0.15, -0.1) is 0 Å². The lowest BCUT2D eigenvalue weighted by molar-refractivity contribution is -0.145. The van der Waals surface area contributed by atoms with Gasteiger partial charge in [0.25, 0.3) is 11.8 Å². The monoisotopic (exact) mass is 507 g/mol. The molecule has 0 N–H and O–H groups in total. The van der Waals surface area contributed by atoms with E-state index in [2.05, 4.69) is 20.8 Å². The van der Waals surface area contributed by atoms with Gasteiger partial charge < -0.3 is 14.5 Å². The molecule has 1 aromatic carbocycles. The minimum absolute atomic E-state index is 0.0118. The van der Waals surface area contributed by atoms with Gasteiger partial charge in [-0.05, 0) is 62.4 Å². The summed E-state index contributed by atoms with van der Waals surface area (Å²) in [5.74, 6) is -0.489. The fourth-order valence-corrected chi connectivity index (χ4v) is 5.23. The molecule has 8 nitrogen and oxygen atoms in total. The molecule has 1 atom stereocenters. The minimum Gasteiger partial charge on any atom is -0.368 e. The Morgan fingerprint density at radius 2 is 1.86 bits per heavy atom. The van der Waals surface area contributed by atoms with Crippen LogP contribution < -0.4 is 0 Å². The molecular formula is C28H34FN5O3. The summed E-state index contributed by atoms with van der Waals surface area (Å²) in [5.41, 5.74) is 2.48. The maximum atomic E-state index is 13.7. The summed E-state index contributed by atoms with van der Waals surface area (Å²) >= 11 is 0. The summed E-state index contributed by atoms with van der Waals surface area (Å²) in [6.45, 7) is 12.1. The van der Waals surface area contributed by atoms with Crippen molar-refractivity contribution >= 4 is 17.5 Å². The molecule has 196 valence electrons. The van der Waals surface area contributed by atoms with Crippen molar-refractivity contribution in [2.45, 2.75) is 64.5 Å². The summed E-state index contributed by atoms with van der Waals surface area (Å²) in [6, 6.07) is 8.17. The van der Waals surface area contributed by atoms with Crippen LogP contribution in [0.15, 0.2) is 36.5 Å². The van der Waals surface area contributed by atoms with Gasteiger partial charge in [-0.2, -0.15) is 5.10 Å². The van der Waals surface area contributed by atoms with Gasteiger partial charge in [-0.25, -0.2) is 13.9 Å². The molecule has 0 saturated carbocycles. The van der Waals surface area contributed by atoms with Gasteiger partial charge in [0, 0.05) is 37.4 Å². The van der Waals surface area contributed by atoms with Crippen LogP contribution in [0, 0.1) is 5.82 Å². The molecule has 2 aliphatic heterocycles. The van der Waals surface area contributed by atoms with Crippen LogP contribution in [0.25, 0.3) is 16.9 Å². The van der Waals surface area contributed by atoms with Crippen LogP contribution in [0.2, 0.25) is 0 Å². The van der Waals surface area contributed by atoms with E-state index in [1.807, 2.05) is 24.8 Å². The van der Waals surface area contributed by atoms with Gasteiger partial charge in [0.15, 0.2) is 5.65 Å². The minimum atomic E-state index is -0.570. The number of hydrogen-bond donors (Lipinski definition) is 0. The molecule has 2 saturated heterocycles. The van der Waals surface area contributed by atoms with E-state index in [0.29, 0.717) is 43.3 Å². The molecule has 2 amide bonds. The van der Waals surface area contributed by atoms with E-state index in [9.17, 15) is 14.0 Å². The molecule has 0 aliphatic carbocycles. The molecule has 2 aliphatic rings. The Morgan fingerprint density at radius 3 is 2.49 bits per heavy atom. The summed E-state index contributed by atoms with van der Waals surface area (Å²) < 4.78 is 20.7. The second-order valence-corrected chi connectivity index (χ2v) is 11.6. The van der Waals surface area contributed by atoms with Crippen LogP contribution in [0.3, 0.4) is 0 Å². The fourth-order valence-electron chi connectivity index (χ4n) is 5.23. The highest BCUT2D eigenvalue weighted by molar-refractivity contribution is 5.94. The van der Waals surface area contributed by atoms with E-state index in [-0.39, 0.29) is 29.2 Å². The van der Waals surface area contributed by atoms with Crippen molar-refractivity contribution in [1.82, 2.24) is 24.4 Å². The van der Waals surface area contributed by atoms with Crippen molar-refractivity contribution in [1.29, 1.82) is 0 Å². The largest absolute Gasteiger partial charge is 0.368 e. The Bertz CT molecular complexity index is 1340. The zero-order valence-corrected chi connectivity index (χ0v) is 22.1. The second-order valence-electron chi connectivity index (χ2n) is 11.6. The zero-order valence-electron chi connectivity index (χ0n) is 22.1. The Kier molecular flexibility index (Phi) is 6.30. The topological polar surface area (TPSA) is 80.0 Å². The first kappa shape index (κ1) is 25.3. The molecule has 3 aromatic rings. The van der Waals surface area contributed by atoms with E-state index in [1.54, 1.807) is 27.7 Å². The molecule has 0 radical (unpaired) electrons. The predicted octanol–water partition coefficient (Wildman–Crippen LogP) is 4.07. The number of ether oxygens (including phenoxy) is 1. The van der Waals surface area contributed by atoms with Crippen LogP contribution >= 0.6 is 0 Å². The number of carbonyl (C=O) groups excluding carboxylic acids is 2. The van der Waals surface area contributed by atoms with Crippen molar-refractivity contribution in [3.63, 3.8) is 0 Å². The number of fused-ring (bicyclic) bond motifs is 1. The second kappa shape index (κ2) is 9.20. The predicted molar refractivity (Wildman–Crippen MR) is 138 cm³/mol. The number of aromatic nitrogens is 3. The number of imidazole rings is 1. The van der Waals surface area contributed by atoms with E-state index in [4.69, 9.17) is 14.8 Å². The highest BCUT2D eigenvalue weighted by Crippen LogP contribution is 2.31. The smallest absolute Gasteiger partial charge is 0.274 e. The molecule has 0 spiro atoms. The number of rotatable bonds is 3. The van der Waals surface area contributed by atoms with Crippen LogP contribution in [-0.2, 0) is 14.9 Å². The number of amides is 2. The summed E-state index contributed by atoms with van der Waals surface area (Å²) in [4.78, 5) is 35.0. The lowest BCUT2D eigenvalue weighted by atomic mass is 9.87. The Morgan fingerprint density at radius 1 is 1.14 bits per heavy atom. The first-order valence-corrected chi connectivity index (χ1v) is 12.8. The lowest BCUT2D eigenvalue weighted by Gasteiger charge is -2.47. The number of carbonyl (C=O) groups is 2. The zero-order chi connectivity index (χ0) is 26.5. The van der Waals surface area contributed by atoms with Crippen molar-refractivity contribution in [3.8, 4) is 11.3 Å². The maximum absolute atomic E-state index is 13.7. The summed E-state index contributed by atoms with van der Waals surface area (Å²) in [6.07, 6.45) is 2.95. The van der Waals surface area contributed by atoms with Crippen LogP contribution in [0.4, 0.5) is 4.39 Å². The van der Waals surface area contributed by atoms with Crippen molar-refractivity contribution in [2.24, 2.45) is 0 Å². The molecule has 9 heteroatoms. The van der Waals surface area contributed by atoms with Gasteiger partial charge in [-0.3, -0.25) is 9.59 Å². The average Bonchev–Trinajstić information content (AvgIpc) is 3.52. The van der Waals surface area contributed by atoms with Crippen LogP contribution in [0.5, 0.6) is 0 Å². The molecule has 2 fully saturated rings. The number of halogens is 1. The highest BCUT2D eigenvalue weighted by Gasteiger charge is 2.41. The Labute approximate surface area is 216 Å². The van der Waals surface area contributed by atoms with Crippen molar-refractivity contribution in [2.75, 3.05) is 26.2 Å². The van der Waals surface area contributed by atoms with Gasteiger partial charge in [-0.1, -0.05) is 20.8 Å². The van der Waals surface area contributed by atoms with Gasteiger partial charge in [0.1, 0.15) is 17.6 Å². The molecule has 37 heavy (non-hydrogen) atoms. The Balaban J connectivity index is 1.45. The Hall–Kier alpha value is -3.33. The number of hydrogen-bond acceptors (Lipinski definition) is 5. The molecule has 1 unspecified atom stereocenters. The average molecular weight is 508 g/mol. The van der Waals surface area contributed by atoms with E-state index >= 15 is 0 Å². The van der Waals surface area contributed by atoms with Crippen molar-refractivity contribution in [3.05, 3.63) is 53.6 Å². The summed E-state index contributed by atoms with van der Waals surface area (Å²) in [7, 11) is 0.